The van der Waals surface area contributed by atoms with E-state index in [0.717, 1.165) is 18.8 Å². The van der Waals surface area contributed by atoms with Crippen LogP contribution in [0.3, 0.4) is 0 Å². The van der Waals surface area contributed by atoms with Gasteiger partial charge in [-0.25, -0.2) is 4.79 Å². The summed E-state index contributed by atoms with van der Waals surface area (Å²) in [5, 5.41) is 9.60. The molecule has 23 heavy (non-hydrogen) atoms. The Kier molecular flexibility index (Phi) is 7.39. The van der Waals surface area contributed by atoms with Gasteiger partial charge < -0.3 is 20.7 Å². The number of nitrogens with one attached hydrogen (secondary N) is 3. The number of nitrogens with zero attached hydrogens (tertiary/aromatic N) is 1. The Morgan fingerprint density at radius 3 is 2.39 bits per heavy atom. The van der Waals surface area contributed by atoms with Gasteiger partial charge in [0, 0.05) is 19.6 Å². The maximum absolute atomic E-state index is 12.0. The Hall–Kier alpha value is -1.72. The fraction of sp³-hybridized carbons (Fsp3) is 0.765. The van der Waals surface area contributed by atoms with Crippen molar-refractivity contribution in [1.82, 2.24) is 16.0 Å². The Morgan fingerprint density at radius 2 is 1.91 bits per heavy atom. The molecule has 0 aromatic carbocycles. The van der Waals surface area contributed by atoms with Crippen LogP contribution in [0.1, 0.15) is 47.5 Å². The third-order valence-electron chi connectivity index (χ3n) is 3.57. The number of alkyl carbamates (subject to hydrolysis) is 1. The summed E-state index contributed by atoms with van der Waals surface area (Å²) < 4.78 is 5.33. The van der Waals surface area contributed by atoms with E-state index in [4.69, 9.17) is 4.74 Å². The number of hydrogen-bond acceptors (Lipinski definition) is 3. The van der Waals surface area contributed by atoms with E-state index >= 15 is 0 Å². The smallest absolute Gasteiger partial charge is 0.407 e. The second kappa shape index (κ2) is 8.79. The van der Waals surface area contributed by atoms with Crippen LogP contribution in [0.25, 0.3) is 0 Å². The Bertz CT molecular complexity index is 430. The van der Waals surface area contributed by atoms with Crippen LogP contribution in [-0.4, -0.2) is 43.3 Å². The minimum atomic E-state index is -0.494. The highest BCUT2D eigenvalue weighted by Crippen LogP contribution is 2.10. The highest BCUT2D eigenvalue weighted by Gasteiger charge is 2.22. The lowest BCUT2D eigenvalue weighted by atomic mass is 10.0. The molecule has 1 aliphatic carbocycles. The summed E-state index contributed by atoms with van der Waals surface area (Å²) in [6.07, 6.45) is 5.99. The van der Waals surface area contributed by atoms with E-state index in [0.29, 0.717) is 12.6 Å². The van der Waals surface area contributed by atoms with Crippen molar-refractivity contribution in [2.75, 3.05) is 13.6 Å². The number of ether oxygens (including phenoxy) is 1. The molecule has 0 fully saturated rings. The van der Waals surface area contributed by atoms with Crippen molar-refractivity contribution >= 4 is 12.1 Å². The lowest BCUT2D eigenvalue weighted by Crippen LogP contribution is -2.51. The van der Waals surface area contributed by atoms with Gasteiger partial charge in [0.05, 0.1) is 6.04 Å². The number of rotatable bonds is 5. The molecule has 1 amide bonds. The lowest BCUT2D eigenvalue weighted by Gasteiger charge is -2.27. The van der Waals surface area contributed by atoms with Crippen LogP contribution < -0.4 is 16.0 Å². The predicted molar refractivity (Wildman–Crippen MR) is 94.7 cm³/mol. The first-order valence-electron chi connectivity index (χ1n) is 8.33. The van der Waals surface area contributed by atoms with Crippen molar-refractivity contribution < 1.29 is 9.53 Å². The van der Waals surface area contributed by atoms with Gasteiger partial charge in [-0.1, -0.05) is 26.0 Å². The van der Waals surface area contributed by atoms with E-state index in [2.05, 4.69) is 46.9 Å². The molecule has 0 spiro atoms. The summed E-state index contributed by atoms with van der Waals surface area (Å²) in [4.78, 5) is 16.2. The van der Waals surface area contributed by atoms with E-state index in [1.54, 1.807) is 7.05 Å². The maximum Gasteiger partial charge on any atom is 0.407 e. The quantitative estimate of drug-likeness (QED) is 0.412. The summed E-state index contributed by atoms with van der Waals surface area (Å²) >= 11 is 0. The van der Waals surface area contributed by atoms with Gasteiger partial charge in [-0.2, -0.15) is 0 Å². The Labute approximate surface area is 140 Å². The van der Waals surface area contributed by atoms with Gasteiger partial charge in [0.15, 0.2) is 5.96 Å². The molecule has 0 aliphatic heterocycles. The van der Waals surface area contributed by atoms with E-state index in [9.17, 15) is 4.79 Å². The number of carbonyl (C=O) groups excluding carboxylic acids is 1. The number of hydrogen-bond donors (Lipinski definition) is 3. The standard InChI is InChI=1S/C17H32N4O2/c1-12(2)14(21-16(22)23-17(3,4)5)11-19-15(18-6)20-13-9-7-8-10-13/h7-8,12-14H,9-11H2,1-6H3,(H,21,22)(H2,18,19,20). The van der Waals surface area contributed by atoms with Crippen LogP contribution >= 0.6 is 0 Å². The van der Waals surface area contributed by atoms with E-state index in [1.807, 2.05) is 20.8 Å². The summed E-state index contributed by atoms with van der Waals surface area (Å²) in [7, 11) is 1.75. The van der Waals surface area contributed by atoms with Crippen LogP contribution in [0.5, 0.6) is 0 Å². The first-order valence-corrected chi connectivity index (χ1v) is 8.33. The van der Waals surface area contributed by atoms with Crippen molar-refractivity contribution in [3.05, 3.63) is 12.2 Å². The number of guanidine groups is 1. The third-order valence-corrected chi connectivity index (χ3v) is 3.57. The number of amides is 1. The molecule has 1 aliphatic rings. The maximum atomic E-state index is 12.0. The molecule has 3 N–H and O–H groups in total. The summed E-state index contributed by atoms with van der Waals surface area (Å²) in [5.74, 6) is 1.04. The van der Waals surface area contributed by atoms with Gasteiger partial charge in [0.2, 0.25) is 0 Å². The fourth-order valence-electron chi connectivity index (χ4n) is 2.24. The molecule has 1 rings (SSSR count). The lowest BCUT2D eigenvalue weighted by molar-refractivity contribution is 0.0491. The second-order valence-corrected chi connectivity index (χ2v) is 7.23. The molecule has 1 atom stereocenters. The van der Waals surface area contributed by atoms with Crippen molar-refractivity contribution in [2.45, 2.75) is 65.1 Å². The normalized spacial score (nSPS) is 17.3. The van der Waals surface area contributed by atoms with Crippen LogP contribution in [-0.2, 0) is 4.74 Å². The predicted octanol–water partition coefficient (Wildman–Crippen LogP) is 2.42. The Morgan fingerprint density at radius 1 is 1.30 bits per heavy atom. The van der Waals surface area contributed by atoms with Gasteiger partial charge in [-0.15, -0.1) is 0 Å². The van der Waals surface area contributed by atoms with Crippen LogP contribution in [0.15, 0.2) is 17.1 Å². The van der Waals surface area contributed by atoms with Crippen molar-refractivity contribution in [2.24, 2.45) is 10.9 Å². The van der Waals surface area contributed by atoms with Gasteiger partial charge in [-0.3, -0.25) is 4.99 Å². The average Bonchev–Trinajstić information content (AvgIpc) is 2.92. The van der Waals surface area contributed by atoms with Crippen LogP contribution in [0.4, 0.5) is 4.79 Å². The van der Waals surface area contributed by atoms with Gasteiger partial charge in [0.25, 0.3) is 0 Å². The van der Waals surface area contributed by atoms with Gasteiger partial charge in [-0.05, 0) is 39.5 Å². The topological polar surface area (TPSA) is 74.8 Å². The zero-order valence-electron chi connectivity index (χ0n) is 15.3. The monoisotopic (exact) mass is 324 g/mol. The first kappa shape index (κ1) is 19.3. The molecular formula is C17H32N4O2. The molecule has 1 unspecified atom stereocenters. The minimum Gasteiger partial charge on any atom is -0.444 e. The SMILES string of the molecule is CN=C(NCC(NC(=O)OC(C)(C)C)C(C)C)NC1CC=CC1. The first-order chi connectivity index (χ1) is 10.7. The zero-order valence-corrected chi connectivity index (χ0v) is 15.3. The molecule has 132 valence electrons. The van der Waals surface area contributed by atoms with E-state index < -0.39 is 5.60 Å². The highest BCUT2D eigenvalue weighted by molar-refractivity contribution is 5.80. The molecule has 0 bridgehead atoms. The molecule has 0 heterocycles. The Balaban J connectivity index is 2.46. The summed E-state index contributed by atoms with van der Waals surface area (Å²) in [6, 6.07) is 0.364. The fourth-order valence-corrected chi connectivity index (χ4v) is 2.24. The van der Waals surface area contributed by atoms with Gasteiger partial charge >= 0.3 is 6.09 Å². The number of carbonyl (C=O) groups is 1. The molecule has 6 nitrogen and oxygen atoms in total. The average molecular weight is 324 g/mol. The summed E-state index contributed by atoms with van der Waals surface area (Å²) in [6.45, 7) is 10.3. The third kappa shape index (κ3) is 7.90. The minimum absolute atomic E-state index is 0.0369. The molecule has 0 saturated carbocycles. The molecule has 0 saturated heterocycles. The van der Waals surface area contributed by atoms with Crippen LogP contribution in [0, 0.1) is 5.92 Å². The molecule has 6 heteroatoms. The van der Waals surface area contributed by atoms with Crippen LogP contribution in [0.2, 0.25) is 0 Å². The van der Waals surface area contributed by atoms with Crippen molar-refractivity contribution in [1.29, 1.82) is 0 Å². The second-order valence-electron chi connectivity index (χ2n) is 7.23. The largest absolute Gasteiger partial charge is 0.444 e. The molecule has 0 radical (unpaired) electrons. The number of aliphatic imine (C=N–C) groups is 1. The molecule has 0 aromatic heterocycles. The zero-order chi connectivity index (χ0) is 17.5. The van der Waals surface area contributed by atoms with Crippen molar-refractivity contribution in [3.63, 3.8) is 0 Å². The van der Waals surface area contributed by atoms with Crippen molar-refractivity contribution in [3.8, 4) is 0 Å². The molecule has 0 aromatic rings. The van der Waals surface area contributed by atoms with E-state index in [1.165, 1.54) is 0 Å². The summed E-state index contributed by atoms with van der Waals surface area (Å²) in [5.41, 5.74) is -0.494. The van der Waals surface area contributed by atoms with Gasteiger partial charge in [0.1, 0.15) is 5.60 Å². The van der Waals surface area contributed by atoms with E-state index in [-0.39, 0.29) is 18.1 Å². The highest BCUT2D eigenvalue weighted by atomic mass is 16.6. The molecular weight excluding hydrogens is 292 g/mol.